The van der Waals surface area contributed by atoms with Crippen molar-refractivity contribution in [3.05, 3.63) is 23.7 Å². The van der Waals surface area contributed by atoms with Crippen LogP contribution in [-0.2, 0) is 30.9 Å². The van der Waals surface area contributed by atoms with Gasteiger partial charge in [0.2, 0.25) is 5.41 Å². The van der Waals surface area contributed by atoms with Crippen LogP contribution in [0.5, 0.6) is 0 Å². The summed E-state index contributed by atoms with van der Waals surface area (Å²) in [5.74, 6) is -0.886. The second-order valence-electron chi connectivity index (χ2n) is 4.02. The van der Waals surface area contributed by atoms with Crippen LogP contribution < -0.4 is 0 Å². The predicted molar refractivity (Wildman–Crippen MR) is 57.4 cm³/mol. The lowest BCUT2D eigenvalue weighted by atomic mass is 9.74. The van der Waals surface area contributed by atoms with E-state index in [9.17, 15) is 9.59 Å². The molecule has 0 N–H and O–H groups in total. The SMILES string of the molecule is COC(=O)C1(C(=O)OC)CCCc2ccoc21. The van der Waals surface area contributed by atoms with E-state index < -0.39 is 17.4 Å². The van der Waals surface area contributed by atoms with Crippen molar-refractivity contribution in [2.24, 2.45) is 0 Å². The van der Waals surface area contributed by atoms with Gasteiger partial charge in [0.05, 0.1) is 20.5 Å². The number of furan rings is 1. The van der Waals surface area contributed by atoms with Crippen LogP contribution in [0, 0.1) is 0 Å². The fraction of sp³-hybridized carbons (Fsp3) is 0.500. The summed E-state index contributed by atoms with van der Waals surface area (Å²) in [4.78, 5) is 23.9. The molecular formula is C12H14O5. The number of hydrogen-bond donors (Lipinski definition) is 0. The zero-order valence-corrected chi connectivity index (χ0v) is 9.82. The third-order valence-electron chi connectivity index (χ3n) is 3.20. The first kappa shape index (κ1) is 11.7. The molecule has 92 valence electrons. The van der Waals surface area contributed by atoms with Crippen LogP contribution in [0.1, 0.15) is 24.2 Å². The summed E-state index contributed by atoms with van der Waals surface area (Å²) < 4.78 is 14.8. The van der Waals surface area contributed by atoms with Gasteiger partial charge in [0, 0.05) is 0 Å². The average molecular weight is 238 g/mol. The van der Waals surface area contributed by atoms with Crippen molar-refractivity contribution < 1.29 is 23.5 Å². The summed E-state index contributed by atoms with van der Waals surface area (Å²) >= 11 is 0. The average Bonchev–Trinajstić information content (AvgIpc) is 2.84. The van der Waals surface area contributed by atoms with Crippen molar-refractivity contribution in [2.75, 3.05) is 14.2 Å². The van der Waals surface area contributed by atoms with Gasteiger partial charge < -0.3 is 13.9 Å². The monoisotopic (exact) mass is 238 g/mol. The summed E-state index contributed by atoms with van der Waals surface area (Å²) in [6.45, 7) is 0. The largest absolute Gasteiger partial charge is 0.468 e. The van der Waals surface area contributed by atoms with E-state index in [4.69, 9.17) is 13.9 Å². The highest BCUT2D eigenvalue weighted by molar-refractivity contribution is 6.06. The summed E-state index contributed by atoms with van der Waals surface area (Å²) in [5, 5.41) is 0. The molecule has 0 aliphatic heterocycles. The number of ether oxygens (including phenoxy) is 2. The number of fused-ring (bicyclic) bond motifs is 1. The number of carbonyl (C=O) groups excluding carboxylic acids is 2. The van der Waals surface area contributed by atoms with Gasteiger partial charge in [0.15, 0.2) is 0 Å². The smallest absolute Gasteiger partial charge is 0.331 e. The van der Waals surface area contributed by atoms with Crippen molar-refractivity contribution in [1.29, 1.82) is 0 Å². The van der Waals surface area contributed by atoms with E-state index >= 15 is 0 Å². The number of esters is 2. The van der Waals surface area contributed by atoms with E-state index in [1.54, 1.807) is 6.07 Å². The molecule has 1 aliphatic carbocycles. The van der Waals surface area contributed by atoms with Gasteiger partial charge in [-0.1, -0.05) is 0 Å². The highest BCUT2D eigenvalue weighted by atomic mass is 16.5. The van der Waals surface area contributed by atoms with Crippen LogP contribution in [0.2, 0.25) is 0 Å². The molecule has 17 heavy (non-hydrogen) atoms. The van der Waals surface area contributed by atoms with Gasteiger partial charge in [-0.25, -0.2) is 0 Å². The molecule has 1 heterocycles. The van der Waals surface area contributed by atoms with Crippen molar-refractivity contribution >= 4 is 11.9 Å². The minimum absolute atomic E-state index is 0.354. The highest BCUT2D eigenvalue weighted by Crippen LogP contribution is 2.40. The number of methoxy groups -OCH3 is 2. The molecule has 0 bridgehead atoms. The Kier molecular flexibility index (Phi) is 2.92. The summed E-state index contributed by atoms with van der Waals surface area (Å²) in [5.41, 5.74) is -0.562. The molecule has 0 amide bonds. The Morgan fingerprint density at radius 2 is 1.94 bits per heavy atom. The van der Waals surface area contributed by atoms with E-state index in [0.29, 0.717) is 12.2 Å². The zero-order valence-electron chi connectivity index (χ0n) is 9.82. The minimum Gasteiger partial charge on any atom is -0.468 e. The first-order valence-electron chi connectivity index (χ1n) is 5.40. The Morgan fingerprint density at radius 3 is 2.53 bits per heavy atom. The van der Waals surface area contributed by atoms with E-state index in [2.05, 4.69) is 0 Å². The third-order valence-corrected chi connectivity index (χ3v) is 3.20. The molecule has 0 spiro atoms. The normalized spacial score (nSPS) is 17.1. The molecule has 0 saturated heterocycles. The van der Waals surface area contributed by atoms with Crippen molar-refractivity contribution in [3.8, 4) is 0 Å². The van der Waals surface area contributed by atoms with Gasteiger partial charge in [0.25, 0.3) is 0 Å². The topological polar surface area (TPSA) is 65.7 Å². The molecule has 0 aromatic carbocycles. The van der Waals surface area contributed by atoms with E-state index in [1.165, 1.54) is 20.5 Å². The first-order chi connectivity index (χ1) is 8.16. The van der Waals surface area contributed by atoms with Crippen LogP contribution in [0.3, 0.4) is 0 Å². The van der Waals surface area contributed by atoms with Gasteiger partial charge in [-0.05, 0) is 30.9 Å². The predicted octanol–water partition coefficient (Wildman–Crippen LogP) is 1.20. The maximum Gasteiger partial charge on any atom is 0.331 e. The molecule has 0 saturated carbocycles. The molecule has 5 heteroatoms. The molecule has 0 atom stereocenters. The fourth-order valence-corrected chi connectivity index (χ4v) is 2.39. The molecule has 1 aliphatic rings. The molecule has 5 nitrogen and oxygen atoms in total. The molecule has 0 unspecified atom stereocenters. The maximum atomic E-state index is 12.0. The van der Waals surface area contributed by atoms with Crippen molar-refractivity contribution in [2.45, 2.75) is 24.7 Å². The first-order valence-corrected chi connectivity index (χ1v) is 5.40. The van der Waals surface area contributed by atoms with Gasteiger partial charge in [-0.15, -0.1) is 0 Å². The molecular weight excluding hydrogens is 224 g/mol. The second kappa shape index (κ2) is 4.24. The molecule has 2 rings (SSSR count). The Hall–Kier alpha value is -1.78. The van der Waals surface area contributed by atoms with Crippen molar-refractivity contribution in [3.63, 3.8) is 0 Å². The van der Waals surface area contributed by atoms with Gasteiger partial charge in [-0.3, -0.25) is 9.59 Å². The molecule has 0 fully saturated rings. The van der Waals surface area contributed by atoms with Crippen LogP contribution in [0.15, 0.2) is 16.7 Å². The third kappa shape index (κ3) is 1.53. The van der Waals surface area contributed by atoms with Crippen LogP contribution >= 0.6 is 0 Å². The summed E-state index contributed by atoms with van der Waals surface area (Å²) in [6, 6.07) is 1.77. The van der Waals surface area contributed by atoms with Crippen LogP contribution in [0.4, 0.5) is 0 Å². The van der Waals surface area contributed by atoms with E-state index in [1.807, 2.05) is 0 Å². The Labute approximate surface area is 98.7 Å². The van der Waals surface area contributed by atoms with Crippen LogP contribution in [0.25, 0.3) is 0 Å². The van der Waals surface area contributed by atoms with E-state index in [-0.39, 0.29) is 0 Å². The Bertz CT molecular complexity index is 430. The van der Waals surface area contributed by atoms with Gasteiger partial charge in [-0.2, -0.15) is 0 Å². The zero-order chi connectivity index (χ0) is 12.5. The minimum atomic E-state index is -1.43. The summed E-state index contributed by atoms with van der Waals surface area (Å²) in [7, 11) is 2.51. The van der Waals surface area contributed by atoms with Crippen molar-refractivity contribution in [1.82, 2.24) is 0 Å². The number of aryl methyl sites for hydroxylation is 1. The number of hydrogen-bond acceptors (Lipinski definition) is 5. The lowest BCUT2D eigenvalue weighted by Gasteiger charge is -2.30. The Balaban J connectivity index is 2.57. The summed E-state index contributed by atoms with van der Waals surface area (Å²) in [6.07, 6.45) is 3.35. The molecule has 1 aromatic heterocycles. The second-order valence-corrected chi connectivity index (χ2v) is 4.02. The van der Waals surface area contributed by atoms with Crippen LogP contribution in [-0.4, -0.2) is 26.2 Å². The lowest BCUT2D eigenvalue weighted by Crippen LogP contribution is -2.47. The van der Waals surface area contributed by atoms with Gasteiger partial charge in [0.1, 0.15) is 5.76 Å². The molecule has 0 radical (unpaired) electrons. The number of rotatable bonds is 2. The standard InChI is InChI=1S/C12H14O5/c1-15-10(13)12(11(14)16-2)6-3-4-8-5-7-17-9(8)12/h5,7H,3-4,6H2,1-2H3. The number of carbonyl (C=O) groups is 2. The lowest BCUT2D eigenvalue weighted by molar-refractivity contribution is -0.164. The maximum absolute atomic E-state index is 12.0. The fourth-order valence-electron chi connectivity index (χ4n) is 2.39. The molecule has 1 aromatic rings. The quantitative estimate of drug-likeness (QED) is 0.572. The highest BCUT2D eigenvalue weighted by Gasteiger charge is 2.55. The Morgan fingerprint density at radius 1 is 1.29 bits per heavy atom. The van der Waals surface area contributed by atoms with Gasteiger partial charge >= 0.3 is 11.9 Å². The van der Waals surface area contributed by atoms with E-state index in [0.717, 1.165) is 18.4 Å².